The molecule has 3 heterocycles. The van der Waals surface area contributed by atoms with E-state index in [-0.39, 0.29) is 18.3 Å². The second-order valence-corrected chi connectivity index (χ2v) is 7.43. The molecule has 4 rings (SSSR count). The van der Waals surface area contributed by atoms with Gasteiger partial charge in [0.2, 0.25) is 0 Å². The van der Waals surface area contributed by atoms with E-state index < -0.39 is 0 Å². The Labute approximate surface area is 161 Å². The summed E-state index contributed by atoms with van der Waals surface area (Å²) in [6.45, 7) is 7.73. The van der Waals surface area contributed by atoms with Gasteiger partial charge in [0.05, 0.1) is 0 Å². The molecule has 26 heavy (non-hydrogen) atoms. The third kappa shape index (κ3) is 3.14. The monoisotopic (exact) mass is 374 g/mol. The van der Waals surface area contributed by atoms with Crippen molar-refractivity contribution >= 4 is 18.3 Å². The number of amides is 1. The second kappa shape index (κ2) is 7.41. The molecule has 0 saturated carbocycles. The van der Waals surface area contributed by atoms with Gasteiger partial charge < -0.3 is 4.90 Å². The zero-order valence-electron chi connectivity index (χ0n) is 15.6. The number of fused-ring (bicyclic) bond motifs is 1. The Kier molecular flexibility index (Phi) is 5.39. The second-order valence-electron chi connectivity index (χ2n) is 7.43. The van der Waals surface area contributed by atoms with Crippen LogP contribution in [-0.4, -0.2) is 52.2 Å². The number of hydrogen-bond donors (Lipinski definition) is 0. The van der Waals surface area contributed by atoms with Crippen LogP contribution in [0.1, 0.15) is 34.6 Å². The highest BCUT2D eigenvalue weighted by Gasteiger charge is 2.47. The van der Waals surface area contributed by atoms with E-state index in [1.54, 1.807) is 0 Å². The molecule has 0 bridgehead atoms. The van der Waals surface area contributed by atoms with Crippen LogP contribution in [0, 0.1) is 18.8 Å². The van der Waals surface area contributed by atoms with Gasteiger partial charge in [-0.1, -0.05) is 24.3 Å². The van der Waals surface area contributed by atoms with Crippen LogP contribution in [0.4, 0.5) is 0 Å². The van der Waals surface area contributed by atoms with Crippen LogP contribution < -0.4 is 0 Å². The van der Waals surface area contributed by atoms with Gasteiger partial charge in [-0.05, 0) is 44.0 Å². The third-order valence-electron chi connectivity index (χ3n) is 5.87. The Hall–Kier alpha value is -1.85. The predicted molar refractivity (Wildman–Crippen MR) is 105 cm³/mol. The van der Waals surface area contributed by atoms with Crippen LogP contribution in [0.15, 0.2) is 36.5 Å². The summed E-state index contributed by atoms with van der Waals surface area (Å²) in [6.07, 6.45) is 1.88. The van der Waals surface area contributed by atoms with Gasteiger partial charge in [-0.25, -0.2) is 0 Å². The maximum absolute atomic E-state index is 12.8. The quantitative estimate of drug-likeness (QED) is 0.829. The van der Waals surface area contributed by atoms with Gasteiger partial charge in [0.25, 0.3) is 5.91 Å². The van der Waals surface area contributed by atoms with Crippen molar-refractivity contribution in [3.63, 3.8) is 0 Å². The van der Waals surface area contributed by atoms with Crippen molar-refractivity contribution in [2.24, 2.45) is 11.8 Å². The lowest BCUT2D eigenvalue weighted by molar-refractivity contribution is 0.0761. The maximum atomic E-state index is 12.8. The summed E-state index contributed by atoms with van der Waals surface area (Å²) in [5.74, 6) is 1.13. The van der Waals surface area contributed by atoms with Gasteiger partial charge in [-0.3, -0.25) is 14.4 Å². The first-order chi connectivity index (χ1) is 12.1. The fraction of sp³-hybridized carbons (Fsp3) is 0.500. The van der Waals surface area contributed by atoms with Crippen LogP contribution in [0.5, 0.6) is 0 Å². The van der Waals surface area contributed by atoms with Gasteiger partial charge in [0.1, 0.15) is 5.69 Å². The topological polar surface area (TPSA) is 41.4 Å². The fourth-order valence-corrected chi connectivity index (χ4v) is 4.62. The number of aromatic nitrogens is 2. The molecule has 3 atom stereocenters. The minimum Gasteiger partial charge on any atom is -0.337 e. The Balaban J connectivity index is 0.00000196. The van der Waals surface area contributed by atoms with Crippen molar-refractivity contribution in [3.05, 3.63) is 53.3 Å². The number of benzene rings is 1. The molecule has 5 nitrogen and oxygen atoms in total. The third-order valence-corrected chi connectivity index (χ3v) is 5.87. The van der Waals surface area contributed by atoms with E-state index in [1.807, 2.05) is 28.8 Å². The van der Waals surface area contributed by atoms with E-state index in [0.29, 0.717) is 23.6 Å². The molecule has 2 aromatic rings. The largest absolute Gasteiger partial charge is 0.337 e. The molecule has 2 aliphatic heterocycles. The van der Waals surface area contributed by atoms with E-state index in [4.69, 9.17) is 0 Å². The minimum absolute atomic E-state index is 0. The van der Waals surface area contributed by atoms with Gasteiger partial charge >= 0.3 is 0 Å². The van der Waals surface area contributed by atoms with Crippen molar-refractivity contribution in [3.8, 4) is 0 Å². The minimum atomic E-state index is 0. The zero-order valence-corrected chi connectivity index (χ0v) is 16.4. The van der Waals surface area contributed by atoms with E-state index in [2.05, 4.69) is 48.2 Å². The van der Waals surface area contributed by atoms with Crippen LogP contribution in [-0.2, 0) is 6.54 Å². The summed E-state index contributed by atoms with van der Waals surface area (Å²) in [7, 11) is 2.21. The number of carbonyl (C=O) groups excluding carboxylic acids is 1. The highest BCUT2D eigenvalue weighted by Crippen LogP contribution is 2.45. The smallest absolute Gasteiger partial charge is 0.274 e. The fourth-order valence-electron chi connectivity index (χ4n) is 4.62. The molecule has 140 valence electrons. The molecule has 0 aliphatic carbocycles. The summed E-state index contributed by atoms with van der Waals surface area (Å²) >= 11 is 0. The summed E-state index contributed by atoms with van der Waals surface area (Å²) in [5, 5.41) is 4.39. The van der Waals surface area contributed by atoms with Gasteiger partial charge in [0.15, 0.2) is 0 Å². The number of nitrogens with zero attached hydrogens (tertiary/aromatic N) is 4. The first-order valence-corrected chi connectivity index (χ1v) is 9.17. The van der Waals surface area contributed by atoms with Gasteiger partial charge in [-0.15, -0.1) is 12.4 Å². The molecule has 6 heteroatoms. The molecule has 1 amide bonds. The Morgan fingerprint density at radius 2 is 1.96 bits per heavy atom. The number of likely N-dealkylation sites (tertiary alicyclic amines) is 2. The lowest BCUT2D eigenvalue weighted by atomic mass is 9.88. The van der Waals surface area contributed by atoms with Crippen molar-refractivity contribution < 1.29 is 4.79 Å². The van der Waals surface area contributed by atoms with Gasteiger partial charge in [0, 0.05) is 44.3 Å². The first kappa shape index (κ1) is 18.9. The van der Waals surface area contributed by atoms with Crippen molar-refractivity contribution in [2.45, 2.75) is 26.4 Å². The zero-order chi connectivity index (χ0) is 17.6. The molecule has 0 spiro atoms. The van der Waals surface area contributed by atoms with Crippen molar-refractivity contribution in [1.82, 2.24) is 19.6 Å². The number of aryl methyl sites for hydroxylation is 2. The molecule has 2 fully saturated rings. The summed E-state index contributed by atoms with van der Waals surface area (Å²) in [4.78, 5) is 17.3. The standard InChI is InChI=1S/C20H26N4O.ClH/c1-4-24-10-9-18(21-24)20(25)23-12-15-11-22(3)19(17(15)13-23)16-8-6-5-7-14(16)2;/h5-10,15,17,19H,4,11-13H2,1-3H3;1H/t15-,17+,19+;/m0./s1. The predicted octanol–water partition coefficient (Wildman–Crippen LogP) is 3.01. The molecule has 0 radical (unpaired) electrons. The highest BCUT2D eigenvalue weighted by atomic mass is 35.5. The van der Waals surface area contributed by atoms with E-state index in [9.17, 15) is 4.79 Å². The highest BCUT2D eigenvalue weighted by molar-refractivity contribution is 5.92. The molecular weight excluding hydrogens is 348 g/mol. The molecular formula is C20H27ClN4O. The average Bonchev–Trinajstić information content (AvgIpc) is 3.29. The summed E-state index contributed by atoms with van der Waals surface area (Å²) in [5.41, 5.74) is 3.32. The molecule has 0 N–H and O–H groups in total. The summed E-state index contributed by atoms with van der Waals surface area (Å²) in [6, 6.07) is 10.9. The number of hydrogen-bond acceptors (Lipinski definition) is 3. The molecule has 2 saturated heterocycles. The van der Waals surface area contributed by atoms with E-state index in [1.165, 1.54) is 11.1 Å². The Bertz CT molecular complexity index is 790. The van der Waals surface area contributed by atoms with Crippen LogP contribution >= 0.6 is 12.4 Å². The SMILES string of the molecule is CCn1ccc(C(=O)N2C[C@@H]3CN(C)[C@H](c4ccccc4C)[C@@H]3C2)n1.Cl. The molecule has 1 aromatic carbocycles. The maximum Gasteiger partial charge on any atom is 0.274 e. The van der Waals surface area contributed by atoms with Crippen molar-refractivity contribution in [1.29, 1.82) is 0 Å². The van der Waals surface area contributed by atoms with Crippen LogP contribution in [0.3, 0.4) is 0 Å². The normalized spacial score (nSPS) is 25.2. The Morgan fingerprint density at radius 1 is 1.19 bits per heavy atom. The molecule has 1 aromatic heterocycles. The Morgan fingerprint density at radius 3 is 2.65 bits per heavy atom. The summed E-state index contributed by atoms with van der Waals surface area (Å²) < 4.78 is 1.81. The van der Waals surface area contributed by atoms with Crippen LogP contribution in [0.2, 0.25) is 0 Å². The first-order valence-electron chi connectivity index (χ1n) is 9.17. The number of carbonyl (C=O) groups is 1. The van der Waals surface area contributed by atoms with Crippen LogP contribution in [0.25, 0.3) is 0 Å². The lowest BCUT2D eigenvalue weighted by Crippen LogP contribution is -2.33. The lowest BCUT2D eigenvalue weighted by Gasteiger charge is -2.27. The van der Waals surface area contributed by atoms with E-state index in [0.717, 1.165) is 26.2 Å². The number of rotatable bonds is 3. The molecule has 0 unspecified atom stereocenters. The number of halogens is 1. The van der Waals surface area contributed by atoms with E-state index >= 15 is 0 Å². The van der Waals surface area contributed by atoms with Gasteiger partial charge in [-0.2, -0.15) is 5.10 Å². The average molecular weight is 375 g/mol. The van der Waals surface area contributed by atoms with Crippen molar-refractivity contribution in [2.75, 3.05) is 26.7 Å². The molecule has 2 aliphatic rings.